The van der Waals surface area contributed by atoms with Gasteiger partial charge in [-0.25, -0.2) is 0 Å². The van der Waals surface area contributed by atoms with Gasteiger partial charge in [-0.05, 0) is 36.6 Å². The lowest BCUT2D eigenvalue weighted by Crippen LogP contribution is -2.43. The number of pyridine rings is 1. The molecule has 0 saturated carbocycles. The van der Waals surface area contributed by atoms with Crippen LogP contribution in [0.15, 0.2) is 48.7 Å². The van der Waals surface area contributed by atoms with Crippen LogP contribution in [0.2, 0.25) is 0 Å². The average molecular weight is 323 g/mol. The van der Waals surface area contributed by atoms with E-state index in [4.69, 9.17) is 0 Å². The lowest BCUT2D eigenvalue weighted by atomic mass is 10.1. The molecule has 0 spiro atoms. The number of carbonyl (C=O) groups is 1. The van der Waals surface area contributed by atoms with Gasteiger partial charge in [0.15, 0.2) is 0 Å². The molecule has 1 aliphatic heterocycles. The third kappa shape index (κ3) is 3.58. The molecule has 4 nitrogen and oxygen atoms in total. The van der Waals surface area contributed by atoms with Gasteiger partial charge in [0.1, 0.15) is 0 Å². The zero-order valence-corrected chi connectivity index (χ0v) is 14.5. The van der Waals surface area contributed by atoms with Gasteiger partial charge in [0.25, 0.3) is 0 Å². The maximum Gasteiger partial charge on any atom is 0.223 e. The smallest absolute Gasteiger partial charge is 0.223 e. The molecule has 0 radical (unpaired) electrons. The Bertz CT molecular complexity index is 686. The number of nitrogens with zero attached hydrogens (tertiary/aromatic N) is 3. The van der Waals surface area contributed by atoms with Gasteiger partial charge in [0, 0.05) is 50.2 Å². The highest BCUT2D eigenvalue weighted by molar-refractivity contribution is 5.77. The molecule has 1 atom stereocenters. The van der Waals surface area contributed by atoms with Crippen molar-refractivity contribution in [1.29, 1.82) is 0 Å². The molecule has 1 unspecified atom stereocenters. The number of likely N-dealkylation sites (N-methyl/N-ethyl adjacent to an activating group) is 1. The van der Waals surface area contributed by atoms with E-state index in [0.717, 1.165) is 18.7 Å². The number of fused-ring (bicyclic) bond motifs is 1. The summed E-state index contributed by atoms with van der Waals surface area (Å²) in [5.41, 5.74) is 3.43. The number of amides is 1. The molecular formula is C20H25N3O. The Morgan fingerprint density at radius 3 is 2.75 bits per heavy atom. The van der Waals surface area contributed by atoms with Crippen LogP contribution in [0.3, 0.4) is 0 Å². The van der Waals surface area contributed by atoms with E-state index in [0.29, 0.717) is 19.4 Å². The quantitative estimate of drug-likeness (QED) is 0.866. The second-order valence-corrected chi connectivity index (χ2v) is 6.41. The van der Waals surface area contributed by atoms with E-state index < -0.39 is 0 Å². The molecule has 1 aliphatic rings. The first-order valence-electron chi connectivity index (χ1n) is 8.67. The molecule has 0 aliphatic carbocycles. The molecule has 3 rings (SSSR count). The molecular weight excluding hydrogens is 298 g/mol. The third-order valence-corrected chi connectivity index (χ3v) is 4.78. The fraction of sp³-hybridized carbons (Fsp3) is 0.400. The first-order chi connectivity index (χ1) is 11.7. The fourth-order valence-electron chi connectivity index (χ4n) is 3.41. The molecule has 2 heterocycles. The summed E-state index contributed by atoms with van der Waals surface area (Å²) >= 11 is 0. The Morgan fingerprint density at radius 2 is 2.00 bits per heavy atom. The summed E-state index contributed by atoms with van der Waals surface area (Å²) in [5, 5.41) is 0. The minimum Gasteiger partial charge on any atom is -0.372 e. The van der Waals surface area contributed by atoms with E-state index in [1.54, 1.807) is 6.20 Å². The molecule has 0 N–H and O–H groups in total. The van der Waals surface area contributed by atoms with E-state index in [1.165, 1.54) is 11.3 Å². The van der Waals surface area contributed by atoms with Crippen molar-refractivity contribution in [2.24, 2.45) is 0 Å². The van der Waals surface area contributed by atoms with Crippen LogP contribution >= 0.6 is 0 Å². The van der Waals surface area contributed by atoms with Crippen LogP contribution in [-0.2, 0) is 17.8 Å². The van der Waals surface area contributed by atoms with Crippen molar-refractivity contribution in [2.45, 2.75) is 38.8 Å². The molecule has 24 heavy (non-hydrogen) atoms. The molecule has 0 bridgehead atoms. The Hall–Kier alpha value is -2.36. The molecule has 1 amide bonds. The largest absolute Gasteiger partial charge is 0.372 e. The summed E-state index contributed by atoms with van der Waals surface area (Å²) in [6.07, 6.45) is 3.96. The van der Waals surface area contributed by atoms with Crippen molar-refractivity contribution < 1.29 is 4.79 Å². The predicted octanol–water partition coefficient (Wildman–Crippen LogP) is 3.27. The molecule has 126 valence electrons. The summed E-state index contributed by atoms with van der Waals surface area (Å²) in [7, 11) is 2.11. The van der Waals surface area contributed by atoms with E-state index in [1.807, 2.05) is 18.2 Å². The number of carbonyl (C=O) groups excluding carboxylic acids is 1. The van der Waals surface area contributed by atoms with Crippen molar-refractivity contribution >= 4 is 11.6 Å². The van der Waals surface area contributed by atoms with Crippen LogP contribution in [0.1, 0.15) is 31.0 Å². The Balaban J connectivity index is 1.76. The number of rotatable bonds is 4. The van der Waals surface area contributed by atoms with Crippen LogP contribution in [0.25, 0.3) is 0 Å². The maximum absolute atomic E-state index is 12.9. The van der Waals surface area contributed by atoms with E-state index in [9.17, 15) is 4.79 Å². The van der Waals surface area contributed by atoms with Crippen molar-refractivity contribution in [3.63, 3.8) is 0 Å². The minimum absolute atomic E-state index is 0.220. The van der Waals surface area contributed by atoms with Gasteiger partial charge in [-0.1, -0.05) is 31.2 Å². The monoisotopic (exact) mass is 323 g/mol. The van der Waals surface area contributed by atoms with Crippen LogP contribution in [0, 0.1) is 0 Å². The standard InChI is InChI=1S/C20H25N3O/c1-3-18-15-22(2)19-10-5-4-8-16(19)14-23(18)20(24)12-11-17-9-6-7-13-21-17/h4-10,13,18H,3,11-12,14-15H2,1-2H3. The summed E-state index contributed by atoms with van der Waals surface area (Å²) in [5.74, 6) is 0.220. The Kier molecular flexibility index (Phi) is 5.14. The van der Waals surface area contributed by atoms with Gasteiger partial charge in [0.05, 0.1) is 0 Å². The van der Waals surface area contributed by atoms with E-state index in [-0.39, 0.29) is 11.9 Å². The summed E-state index contributed by atoms with van der Waals surface area (Å²) in [6, 6.07) is 14.5. The van der Waals surface area contributed by atoms with Crippen molar-refractivity contribution in [3.8, 4) is 0 Å². The fourth-order valence-corrected chi connectivity index (χ4v) is 3.41. The van der Waals surface area contributed by atoms with E-state index in [2.05, 4.69) is 53.0 Å². The highest BCUT2D eigenvalue weighted by Gasteiger charge is 2.28. The zero-order chi connectivity index (χ0) is 16.9. The van der Waals surface area contributed by atoms with Crippen LogP contribution in [0.4, 0.5) is 5.69 Å². The number of benzene rings is 1. The van der Waals surface area contributed by atoms with Gasteiger partial charge in [0.2, 0.25) is 5.91 Å². The van der Waals surface area contributed by atoms with Gasteiger partial charge < -0.3 is 9.80 Å². The normalized spacial score (nSPS) is 17.3. The molecule has 1 aromatic heterocycles. The number of hydrogen-bond donors (Lipinski definition) is 0. The van der Waals surface area contributed by atoms with Gasteiger partial charge in [-0.2, -0.15) is 0 Å². The number of aromatic nitrogens is 1. The SMILES string of the molecule is CCC1CN(C)c2ccccc2CN1C(=O)CCc1ccccn1. The third-order valence-electron chi connectivity index (χ3n) is 4.78. The molecule has 1 aromatic carbocycles. The highest BCUT2D eigenvalue weighted by atomic mass is 16.2. The zero-order valence-electron chi connectivity index (χ0n) is 14.5. The summed E-state index contributed by atoms with van der Waals surface area (Å²) in [6.45, 7) is 3.73. The Labute approximate surface area is 144 Å². The second kappa shape index (κ2) is 7.47. The lowest BCUT2D eigenvalue weighted by molar-refractivity contribution is -0.134. The highest BCUT2D eigenvalue weighted by Crippen LogP contribution is 2.27. The summed E-state index contributed by atoms with van der Waals surface area (Å²) < 4.78 is 0. The van der Waals surface area contributed by atoms with E-state index >= 15 is 0 Å². The van der Waals surface area contributed by atoms with Crippen molar-refractivity contribution in [2.75, 3.05) is 18.5 Å². The van der Waals surface area contributed by atoms with Crippen LogP contribution in [0.5, 0.6) is 0 Å². The lowest BCUT2D eigenvalue weighted by Gasteiger charge is -2.30. The second-order valence-electron chi connectivity index (χ2n) is 6.41. The maximum atomic E-state index is 12.9. The molecule has 4 heteroatoms. The number of hydrogen-bond acceptors (Lipinski definition) is 3. The first kappa shape index (κ1) is 16.5. The van der Waals surface area contributed by atoms with Crippen molar-refractivity contribution in [3.05, 3.63) is 59.9 Å². The Morgan fingerprint density at radius 1 is 1.21 bits per heavy atom. The summed E-state index contributed by atoms with van der Waals surface area (Å²) in [4.78, 5) is 21.5. The predicted molar refractivity (Wildman–Crippen MR) is 96.9 cm³/mol. The number of anilines is 1. The van der Waals surface area contributed by atoms with Gasteiger partial charge >= 0.3 is 0 Å². The minimum atomic E-state index is 0.220. The van der Waals surface area contributed by atoms with Crippen LogP contribution < -0.4 is 4.90 Å². The topological polar surface area (TPSA) is 36.4 Å². The van der Waals surface area contributed by atoms with Gasteiger partial charge in [-0.3, -0.25) is 9.78 Å². The number of aryl methyl sites for hydroxylation is 1. The van der Waals surface area contributed by atoms with Crippen molar-refractivity contribution in [1.82, 2.24) is 9.88 Å². The number of para-hydroxylation sites is 1. The van der Waals surface area contributed by atoms with Gasteiger partial charge in [-0.15, -0.1) is 0 Å². The average Bonchev–Trinajstić information content (AvgIpc) is 2.77. The molecule has 0 saturated heterocycles. The molecule has 2 aromatic rings. The van der Waals surface area contributed by atoms with Crippen LogP contribution in [-0.4, -0.2) is 35.4 Å². The molecule has 0 fully saturated rings. The first-order valence-corrected chi connectivity index (χ1v) is 8.67.